The van der Waals surface area contributed by atoms with Crippen molar-refractivity contribution in [2.24, 2.45) is 0 Å². The summed E-state index contributed by atoms with van der Waals surface area (Å²) in [7, 11) is 0. The summed E-state index contributed by atoms with van der Waals surface area (Å²) in [5.74, 6) is 0.257. The molecule has 1 aromatic carbocycles. The SMILES string of the molecule is CCCCCCNCCOc1cccc(C(F)(F)F)c1. The minimum atomic E-state index is -4.32. The summed E-state index contributed by atoms with van der Waals surface area (Å²) in [5.41, 5.74) is -0.678. The van der Waals surface area contributed by atoms with Crippen molar-refractivity contribution in [3.63, 3.8) is 0 Å². The van der Waals surface area contributed by atoms with E-state index in [0.29, 0.717) is 13.2 Å². The fourth-order valence-electron chi connectivity index (χ4n) is 1.81. The van der Waals surface area contributed by atoms with E-state index in [0.717, 1.165) is 25.1 Å². The maximum atomic E-state index is 12.5. The zero-order valence-electron chi connectivity index (χ0n) is 11.8. The molecule has 0 aliphatic carbocycles. The van der Waals surface area contributed by atoms with Gasteiger partial charge < -0.3 is 10.1 Å². The van der Waals surface area contributed by atoms with Crippen LogP contribution in [0.15, 0.2) is 24.3 Å². The lowest BCUT2D eigenvalue weighted by Crippen LogP contribution is -2.22. The van der Waals surface area contributed by atoms with Crippen LogP contribution in [0.5, 0.6) is 5.75 Å². The van der Waals surface area contributed by atoms with Crippen molar-refractivity contribution in [3.8, 4) is 5.75 Å². The van der Waals surface area contributed by atoms with Gasteiger partial charge in [0, 0.05) is 6.54 Å². The second kappa shape index (κ2) is 8.84. The van der Waals surface area contributed by atoms with E-state index in [1.807, 2.05) is 0 Å². The molecule has 0 amide bonds. The number of rotatable bonds is 9. The van der Waals surface area contributed by atoms with Crippen molar-refractivity contribution in [2.45, 2.75) is 38.8 Å². The molecule has 114 valence electrons. The summed E-state index contributed by atoms with van der Waals surface area (Å²) in [4.78, 5) is 0. The van der Waals surface area contributed by atoms with Gasteiger partial charge in [-0.2, -0.15) is 13.2 Å². The van der Waals surface area contributed by atoms with Crippen LogP contribution in [0.25, 0.3) is 0 Å². The molecule has 0 spiro atoms. The first kappa shape index (κ1) is 16.8. The third kappa shape index (κ3) is 6.80. The van der Waals surface area contributed by atoms with Crippen LogP contribution in [0.3, 0.4) is 0 Å². The first-order valence-electron chi connectivity index (χ1n) is 7.05. The Hall–Kier alpha value is -1.23. The molecule has 1 aromatic rings. The monoisotopic (exact) mass is 289 g/mol. The van der Waals surface area contributed by atoms with Gasteiger partial charge in [0.2, 0.25) is 0 Å². The molecule has 0 saturated carbocycles. The number of unbranched alkanes of at least 4 members (excludes halogenated alkanes) is 3. The molecule has 0 unspecified atom stereocenters. The van der Waals surface area contributed by atoms with Gasteiger partial charge in [-0.05, 0) is 31.2 Å². The predicted molar refractivity (Wildman–Crippen MR) is 74.0 cm³/mol. The highest BCUT2D eigenvalue weighted by Gasteiger charge is 2.30. The molecule has 0 aliphatic rings. The highest BCUT2D eigenvalue weighted by Crippen LogP contribution is 2.31. The third-order valence-corrected chi connectivity index (χ3v) is 2.92. The summed E-state index contributed by atoms with van der Waals surface area (Å²) >= 11 is 0. The number of benzene rings is 1. The minimum Gasteiger partial charge on any atom is -0.492 e. The molecule has 0 bridgehead atoms. The van der Waals surface area contributed by atoms with Crippen molar-refractivity contribution in [1.29, 1.82) is 0 Å². The molecule has 0 saturated heterocycles. The number of halogens is 3. The van der Waals surface area contributed by atoms with E-state index >= 15 is 0 Å². The Morgan fingerprint density at radius 2 is 1.90 bits per heavy atom. The smallest absolute Gasteiger partial charge is 0.416 e. The topological polar surface area (TPSA) is 21.3 Å². The number of hydrogen-bond acceptors (Lipinski definition) is 2. The van der Waals surface area contributed by atoms with Crippen LogP contribution >= 0.6 is 0 Å². The average Bonchev–Trinajstić information content (AvgIpc) is 2.41. The molecule has 0 aliphatic heterocycles. The van der Waals surface area contributed by atoms with Gasteiger partial charge >= 0.3 is 6.18 Å². The van der Waals surface area contributed by atoms with E-state index in [1.54, 1.807) is 0 Å². The summed E-state index contributed by atoms with van der Waals surface area (Å²) < 4.78 is 42.8. The van der Waals surface area contributed by atoms with Crippen molar-refractivity contribution < 1.29 is 17.9 Å². The molecule has 1 rings (SSSR count). The van der Waals surface area contributed by atoms with E-state index in [9.17, 15) is 13.2 Å². The molecule has 2 nitrogen and oxygen atoms in total. The molecule has 1 N–H and O–H groups in total. The zero-order valence-corrected chi connectivity index (χ0v) is 11.8. The Bertz CT molecular complexity index is 380. The standard InChI is InChI=1S/C15H22F3NO/c1-2-3-4-5-9-19-10-11-20-14-8-6-7-13(12-14)15(16,17)18/h6-8,12,19H,2-5,9-11H2,1H3. The van der Waals surface area contributed by atoms with Crippen LogP contribution in [0.4, 0.5) is 13.2 Å². The lowest BCUT2D eigenvalue weighted by atomic mass is 10.2. The zero-order chi connectivity index (χ0) is 14.8. The second-order valence-electron chi connectivity index (χ2n) is 4.68. The van der Waals surface area contributed by atoms with Gasteiger partial charge in [-0.1, -0.05) is 32.3 Å². The van der Waals surface area contributed by atoms with Crippen molar-refractivity contribution >= 4 is 0 Å². The van der Waals surface area contributed by atoms with E-state index in [4.69, 9.17) is 4.74 Å². The normalized spacial score (nSPS) is 11.6. The number of hydrogen-bond donors (Lipinski definition) is 1. The van der Waals surface area contributed by atoms with Gasteiger partial charge in [-0.25, -0.2) is 0 Å². The van der Waals surface area contributed by atoms with Crippen LogP contribution in [-0.2, 0) is 6.18 Å². The second-order valence-corrected chi connectivity index (χ2v) is 4.68. The van der Waals surface area contributed by atoms with Crippen LogP contribution in [-0.4, -0.2) is 19.7 Å². The van der Waals surface area contributed by atoms with Crippen LogP contribution < -0.4 is 10.1 Å². The molecule has 0 atom stereocenters. The molecule has 0 fully saturated rings. The van der Waals surface area contributed by atoms with Gasteiger partial charge in [0.05, 0.1) is 5.56 Å². The average molecular weight is 289 g/mol. The molecule has 0 aromatic heterocycles. The molecule has 0 radical (unpaired) electrons. The van der Waals surface area contributed by atoms with Crippen LogP contribution in [0.2, 0.25) is 0 Å². The number of alkyl halides is 3. The highest BCUT2D eigenvalue weighted by molar-refractivity contribution is 5.30. The van der Waals surface area contributed by atoms with Gasteiger partial charge in [0.15, 0.2) is 0 Å². The molecule has 0 heterocycles. The minimum absolute atomic E-state index is 0.257. The highest BCUT2D eigenvalue weighted by atomic mass is 19.4. The van der Waals surface area contributed by atoms with Crippen molar-refractivity contribution in [3.05, 3.63) is 29.8 Å². The Balaban J connectivity index is 2.19. The lowest BCUT2D eigenvalue weighted by Gasteiger charge is -2.10. The largest absolute Gasteiger partial charge is 0.492 e. The Kier molecular flexibility index (Phi) is 7.44. The van der Waals surface area contributed by atoms with Crippen LogP contribution in [0, 0.1) is 0 Å². The van der Waals surface area contributed by atoms with Crippen molar-refractivity contribution in [2.75, 3.05) is 19.7 Å². The van der Waals surface area contributed by atoms with E-state index < -0.39 is 11.7 Å². The number of nitrogens with one attached hydrogen (secondary N) is 1. The van der Waals surface area contributed by atoms with Gasteiger partial charge in [-0.3, -0.25) is 0 Å². The van der Waals surface area contributed by atoms with Crippen molar-refractivity contribution in [1.82, 2.24) is 5.32 Å². The van der Waals surface area contributed by atoms with Crippen LogP contribution in [0.1, 0.15) is 38.2 Å². The fourth-order valence-corrected chi connectivity index (χ4v) is 1.81. The maximum Gasteiger partial charge on any atom is 0.416 e. The first-order chi connectivity index (χ1) is 9.54. The van der Waals surface area contributed by atoms with E-state index in [2.05, 4.69) is 12.2 Å². The lowest BCUT2D eigenvalue weighted by molar-refractivity contribution is -0.137. The Morgan fingerprint density at radius 3 is 2.60 bits per heavy atom. The summed E-state index contributed by atoms with van der Waals surface area (Å²) in [6.45, 7) is 4.10. The fraction of sp³-hybridized carbons (Fsp3) is 0.600. The molecule has 5 heteroatoms. The first-order valence-corrected chi connectivity index (χ1v) is 7.05. The van der Waals surface area contributed by atoms with Gasteiger partial charge in [0.1, 0.15) is 12.4 Å². The van der Waals surface area contributed by atoms with Gasteiger partial charge in [0.25, 0.3) is 0 Å². The molecule has 20 heavy (non-hydrogen) atoms. The summed E-state index contributed by atoms with van der Waals surface area (Å²) in [6, 6.07) is 4.97. The Labute approximate surface area is 118 Å². The third-order valence-electron chi connectivity index (χ3n) is 2.92. The van der Waals surface area contributed by atoms with Gasteiger partial charge in [-0.15, -0.1) is 0 Å². The predicted octanol–water partition coefficient (Wildman–Crippen LogP) is 4.25. The molecular formula is C15H22F3NO. The van der Waals surface area contributed by atoms with E-state index in [1.165, 1.54) is 31.4 Å². The molecular weight excluding hydrogens is 267 g/mol. The number of ether oxygens (including phenoxy) is 1. The summed E-state index contributed by atoms with van der Waals surface area (Å²) in [6.07, 6.45) is 0.452. The summed E-state index contributed by atoms with van der Waals surface area (Å²) in [5, 5.41) is 3.21. The quantitative estimate of drug-likeness (QED) is 0.686. The Morgan fingerprint density at radius 1 is 1.10 bits per heavy atom. The maximum absolute atomic E-state index is 12.5. The van der Waals surface area contributed by atoms with E-state index in [-0.39, 0.29) is 5.75 Å².